The molecule has 0 amide bonds. The molecular formula is C12H24N2. The Bertz CT molecular complexity index is 204. The molecular weight excluding hydrogens is 172 g/mol. The maximum absolute atomic E-state index is 2.49. The topological polar surface area (TPSA) is 6.48 Å². The van der Waals surface area contributed by atoms with Gasteiger partial charge in [0.1, 0.15) is 0 Å². The molecule has 1 heterocycles. The maximum Gasteiger partial charge on any atom is 0.0354 e. The maximum atomic E-state index is 2.49. The fourth-order valence-electron chi connectivity index (χ4n) is 2.26. The number of rotatable bonds is 2. The van der Waals surface area contributed by atoms with Crippen molar-refractivity contribution in [1.82, 2.24) is 9.80 Å². The Morgan fingerprint density at radius 3 is 1.29 bits per heavy atom. The van der Waals surface area contributed by atoms with Gasteiger partial charge < -0.3 is 9.80 Å². The number of hydrogen-bond acceptors (Lipinski definition) is 2. The van der Waals surface area contributed by atoms with E-state index in [4.69, 9.17) is 0 Å². The van der Waals surface area contributed by atoms with Gasteiger partial charge in [-0.1, -0.05) is 0 Å². The van der Waals surface area contributed by atoms with Crippen LogP contribution in [0.15, 0.2) is 11.4 Å². The largest absolute Gasteiger partial charge is 0.369 e. The molecule has 0 radical (unpaired) electrons. The van der Waals surface area contributed by atoms with E-state index in [1.165, 1.54) is 24.5 Å². The lowest BCUT2D eigenvalue weighted by molar-refractivity contribution is 0.170. The predicted molar refractivity (Wildman–Crippen MR) is 62.1 cm³/mol. The lowest BCUT2D eigenvalue weighted by Gasteiger charge is -2.42. The highest BCUT2D eigenvalue weighted by atomic mass is 15.3. The minimum atomic E-state index is 0.624. The Kier molecular flexibility index (Phi) is 3.46. The Balaban J connectivity index is 2.87. The average Bonchev–Trinajstić information content (AvgIpc) is 2.08. The van der Waals surface area contributed by atoms with Crippen LogP contribution in [-0.4, -0.2) is 35.0 Å². The van der Waals surface area contributed by atoms with Gasteiger partial charge in [-0.25, -0.2) is 0 Å². The van der Waals surface area contributed by atoms with Crippen LogP contribution in [0.5, 0.6) is 0 Å². The summed E-state index contributed by atoms with van der Waals surface area (Å²) in [7, 11) is 0. The zero-order valence-electron chi connectivity index (χ0n) is 10.5. The number of nitrogens with zero attached hydrogens (tertiary/aromatic N) is 2. The predicted octanol–water partition coefficient (Wildman–Crippen LogP) is 2.67. The van der Waals surface area contributed by atoms with Crippen LogP contribution in [0.3, 0.4) is 0 Å². The molecule has 1 aliphatic rings. The van der Waals surface area contributed by atoms with E-state index in [1.54, 1.807) is 0 Å². The molecule has 0 bridgehead atoms. The highest BCUT2D eigenvalue weighted by Gasteiger charge is 2.22. The molecule has 0 saturated carbocycles. The van der Waals surface area contributed by atoms with E-state index in [-0.39, 0.29) is 0 Å². The summed E-state index contributed by atoms with van der Waals surface area (Å²) in [5.74, 6) is 0. The Morgan fingerprint density at radius 2 is 1.07 bits per heavy atom. The van der Waals surface area contributed by atoms with Crippen molar-refractivity contribution in [3.63, 3.8) is 0 Å². The third kappa shape index (κ3) is 2.05. The van der Waals surface area contributed by atoms with Crippen LogP contribution in [0.4, 0.5) is 0 Å². The summed E-state index contributed by atoms with van der Waals surface area (Å²) in [5.41, 5.74) is 2.89. The van der Waals surface area contributed by atoms with Gasteiger partial charge in [0.15, 0.2) is 0 Å². The summed E-state index contributed by atoms with van der Waals surface area (Å²) < 4.78 is 0. The van der Waals surface area contributed by atoms with E-state index >= 15 is 0 Å². The van der Waals surface area contributed by atoms with E-state index in [1.807, 2.05) is 0 Å². The second kappa shape index (κ2) is 4.24. The summed E-state index contributed by atoms with van der Waals surface area (Å²) >= 11 is 0. The summed E-state index contributed by atoms with van der Waals surface area (Å²) in [6, 6.07) is 1.25. The summed E-state index contributed by atoms with van der Waals surface area (Å²) in [4.78, 5) is 4.99. The van der Waals surface area contributed by atoms with Gasteiger partial charge in [-0.2, -0.15) is 0 Å². The molecule has 1 rings (SSSR count). The Morgan fingerprint density at radius 1 is 0.786 bits per heavy atom. The zero-order valence-corrected chi connectivity index (χ0v) is 10.5. The molecule has 2 nitrogen and oxygen atoms in total. The second-order valence-electron chi connectivity index (χ2n) is 4.75. The van der Waals surface area contributed by atoms with Crippen molar-refractivity contribution in [1.29, 1.82) is 0 Å². The normalized spacial score (nSPS) is 18.9. The van der Waals surface area contributed by atoms with Crippen LogP contribution in [0.1, 0.15) is 41.5 Å². The van der Waals surface area contributed by atoms with Crippen molar-refractivity contribution in [2.45, 2.75) is 53.6 Å². The molecule has 0 N–H and O–H groups in total. The molecule has 14 heavy (non-hydrogen) atoms. The van der Waals surface area contributed by atoms with Gasteiger partial charge in [-0.15, -0.1) is 0 Å². The molecule has 0 spiro atoms. The van der Waals surface area contributed by atoms with Crippen molar-refractivity contribution < 1.29 is 0 Å². The first kappa shape index (κ1) is 11.4. The van der Waals surface area contributed by atoms with Gasteiger partial charge in [0.05, 0.1) is 0 Å². The first-order valence-electron chi connectivity index (χ1n) is 5.66. The molecule has 0 fully saturated rings. The standard InChI is InChI=1S/C12H24N2/c1-9(2)13-7-8-14(10(3)4)12(6)11(13)5/h9-10H,7-8H2,1-6H3. The summed E-state index contributed by atoms with van der Waals surface area (Å²) in [5, 5.41) is 0. The summed E-state index contributed by atoms with van der Waals surface area (Å²) in [6.07, 6.45) is 0. The van der Waals surface area contributed by atoms with Crippen LogP contribution in [-0.2, 0) is 0 Å². The van der Waals surface area contributed by atoms with Gasteiger partial charge in [0.2, 0.25) is 0 Å². The van der Waals surface area contributed by atoms with Crippen molar-refractivity contribution in [2.24, 2.45) is 0 Å². The van der Waals surface area contributed by atoms with Gasteiger partial charge in [0, 0.05) is 36.6 Å². The van der Waals surface area contributed by atoms with Gasteiger partial charge in [-0.3, -0.25) is 0 Å². The van der Waals surface area contributed by atoms with Crippen LogP contribution in [0, 0.1) is 0 Å². The van der Waals surface area contributed by atoms with E-state index in [2.05, 4.69) is 51.3 Å². The smallest absolute Gasteiger partial charge is 0.0354 e. The first-order valence-corrected chi connectivity index (χ1v) is 5.66. The Labute approximate surface area is 88.6 Å². The fraction of sp³-hybridized carbons (Fsp3) is 0.833. The monoisotopic (exact) mass is 196 g/mol. The molecule has 0 aromatic heterocycles. The lowest BCUT2D eigenvalue weighted by Crippen LogP contribution is -2.45. The molecule has 0 unspecified atom stereocenters. The molecule has 0 aliphatic carbocycles. The van der Waals surface area contributed by atoms with E-state index in [9.17, 15) is 0 Å². The number of allylic oxidation sites excluding steroid dienone is 2. The van der Waals surface area contributed by atoms with E-state index < -0.39 is 0 Å². The van der Waals surface area contributed by atoms with Crippen molar-refractivity contribution in [2.75, 3.05) is 13.1 Å². The molecule has 0 aromatic rings. The van der Waals surface area contributed by atoms with Crippen LogP contribution < -0.4 is 0 Å². The average molecular weight is 196 g/mol. The highest BCUT2D eigenvalue weighted by Crippen LogP contribution is 2.23. The van der Waals surface area contributed by atoms with Crippen LogP contribution in [0.2, 0.25) is 0 Å². The molecule has 0 saturated heterocycles. The minimum absolute atomic E-state index is 0.624. The molecule has 1 aliphatic heterocycles. The second-order valence-corrected chi connectivity index (χ2v) is 4.75. The van der Waals surface area contributed by atoms with Crippen molar-refractivity contribution >= 4 is 0 Å². The third-order valence-corrected chi connectivity index (χ3v) is 3.21. The third-order valence-electron chi connectivity index (χ3n) is 3.21. The van der Waals surface area contributed by atoms with Crippen molar-refractivity contribution in [3.05, 3.63) is 11.4 Å². The minimum Gasteiger partial charge on any atom is -0.369 e. The fourth-order valence-corrected chi connectivity index (χ4v) is 2.26. The highest BCUT2D eigenvalue weighted by molar-refractivity contribution is 5.13. The van der Waals surface area contributed by atoms with E-state index in [0.717, 1.165) is 0 Å². The van der Waals surface area contributed by atoms with Gasteiger partial charge in [0.25, 0.3) is 0 Å². The van der Waals surface area contributed by atoms with Crippen LogP contribution >= 0.6 is 0 Å². The van der Waals surface area contributed by atoms with Crippen molar-refractivity contribution in [3.8, 4) is 0 Å². The van der Waals surface area contributed by atoms with Gasteiger partial charge >= 0.3 is 0 Å². The number of hydrogen-bond donors (Lipinski definition) is 0. The molecule has 0 aromatic carbocycles. The molecule has 82 valence electrons. The molecule has 2 heteroatoms. The lowest BCUT2D eigenvalue weighted by atomic mass is 10.1. The van der Waals surface area contributed by atoms with Crippen LogP contribution in [0.25, 0.3) is 0 Å². The van der Waals surface area contributed by atoms with E-state index in [0.29, 0.717) is 12.1 Å². The Hall–Kier alpha value is -0.660. The zero-order chi connectivity index (χ0) is 10.9. The first-order chi connectivity index (χ1) is 6.45. The molecule has 0 atom stereocenters. The van der Waals surface area contributed by atoms with Gasteiger partial charge in [-0.05, 0) is 41.5 Å². The quantitative estimate of drug-likeness (QED) is 0.670. The summed E-state index contributed by atoms with van der Waals surface area (Å²) in [6.45, 7) is 15.9. The SMILES string of the molecule is CC1=C(C)N(C(C)C)CCN1C(C)C.